The molecule has 17 heavy (non-hydrogen) atoms. The van der Waals surface area contributed by atoms with Crippen LogP contribution in [0.3, 0.4) is 0 Å². The van der Waals surface area contributed by atoms with Crippen molar-refractivity contribution in [1.29, 1.82) is 0 Å². The van der Waals surface area contributed by atoms with E-state index in [0.29, 0.717) is 18.2 Å². The summed E-state index contributed by atoms with van der Waals surface area (Å²) in [5.74, 6) is 0.866. The number of nitrogens with zero attached hydrogens (tertiary/aromatic N) is 1. The molecule has 0 aliphatic rings. The van der Waals surface area contributed by atoms with Gasteiger partial charge in [-0.2, -0.15) is 5.10 Å². The Morgan fingerprint density at radius 1 is 1.59 bits per heavy atom. The fraction of sp³-hybridized carbons (Fsp3) is 0.667. The van der Waals surface area contributed by atoms with Crippen LogP contribution >= 0.6 is 0 Å². The number of aromatic nitrogens is 2. The highest BCUT2D eigenvalue weighted by Crippen LogP contribution is 2.15. The second-order valence-electron chi connectivity index (χ2n) is 4.66. The molecule has 1 aromatic rings. The Labute approximate surface area is 102 Å². The molecule has 0 aromatic carbocycles. The zero-order valence-electron chi connectivity index (χ0n) is 10.8. The summed E-state index contributed by atoms with van der Waals surface area (Å²) in [7, 11) is 0. The molecular weight excluding hydrogens is 216 g/mol. The monoisotopic (exact) mass is 238 g/mol. The second-order valence-corrected chi connectivity index (χ2v) is 4.66. The molecule has 1 rings (SSSR count). The topological polar surface area (TPSA) is 83.8 Å². The standard InChI is InChI=1S/C12H22N4O/c1-4-5-9(13)6-12(17)14-11-7-10(8(2)3)15-16-11/h7-9H,4-6,13H2,1-3H3,(H2,14,15,16,17). The van der Waals surface area contributed by atoms with Gasteiger partial charge in [0.15, 0.2) is 5.82 Å². The Bertz CT molecular complexity index is 359. The van der Waals surface area contributed by atoms with E-state index in [0.717, 1.165) is 18.5 Å². The van der Waals surface area contributed by atoms with Crippen LogP contribution < -0.4 is 11.1 Å². The van der Waals surface area contributed by atoms with Gasteiger partial charge in [0, 0.05) is 24.2 Å². The summed E-state index contributed by atoms with van der Waals surface area (Å²) < 4.78 is 0. The number of H-pyrrole nitrogens is 1. The van der Waals surface area contributed by atoms with E-state index in [4.69, 9.17) is 5.73 Å². The highest BCUT2D eigenvalue weighted by atomic mass is 16.1. The van der Waals surface area contributed by atoms with Crippen molar-refractivity contribution in [2.45, 2.75) is 52.0 Å². The van der Waals surface area contributed by atoms with Crippen molar-refractivity contribution >= 4 is 11.7 Å². The van der Waals surface area contributed by atoms with Crippen LogP contribution in [0.15, 0.2) is 6.07 Å². The number of hydrogen-bond donors (Lipinski definition) is 3. The van der Waals surface area contributed by atoms with Gasteiger partial charge >= 0.3 is 0 Å². The van der Waals surface area contributed by atoms with Crippen LogP contribution in [0, 0.1) is 0 Å². The number of hydrogen-bond acceptors (Lipinski definition) is 3. The first kappa shape index (κ1) is 13.7. The van der Waals surface area contributed by atoms with E-state index in [2.05, 4.69) is 36.3 Å². The summed E-state index contributed by atoms with van der Waals surface area (Å²) in [5.41, 5.74) is 6.82. The molecule has 4 N–H and O–H groups in total. The maximum atomic E-state index is 11.6. The molecule has 0 radical (unpaired) electrons. The first-order valence-corrected chi connectivity index (χ1v) is 6.13. The van der Waals surface area contributed by atoms with Crippen molar-refractivity contribution in [2.75, 3.05) is 5.32 Å². The van der Waals surface area contributed by atoms with E-state index >= 15 is 0 Å². The number of aromatic amines is 1. The van der Waals surface area contributed by atoms with Crippen molar-refractivity contribution in [1.82, 2.24) is 10.2 Å². The minimum absolute atomic E-state index is 0.0662. The van der Waals surface area contributed by atoms with Gasteiger partial charge in [-0.1, -0.05) is 27.2 Å². The van der Waals surface area contributed by atoms with E-state index in [-0.39, 0.29) is 11.9 Å². The number of rotatable bonds is 6. The van der Waals surface area contributed by atoms with Gasteiger partial charge in [0.2, 0.25) is 5.91 Å². The largest absolute Gasteiger partial charge is 0.327 e. The van der Waals surface area contributed by atoms with E-state index < -0.39 is 0 Å². The number of nitrogens with two attached hydrogens (primary N) is 1. The van der Waals surface area contributed by atoms with Crippen LogP contribution in [0.2, 0.25) is 0 Å². The third kappa shape index (κ3) is 4.56. The number of carbonyl (C=O) groups excluding carboxylic acids is 1. The fourth-order valence-electron chi connectivity index (χ4n) is 1.60. The van der Waals surface area contributed by atoms with Crippen LogP contribution in [0.4, 0.5) is 5.82 Å². The lowest BCUT2D eigenvalue weighted by molar-refractivity contribution is -0.116. The molecule has 0 aliphatic carbocycles. The summed E-state index contributed by atoms with van der Waals surface area (Å²) in [5, 5.41) is 9.67. The van der Waals surface area contributed by atoms with Gasteiger partial charge in [0.1, 0.15) is 0 Å². The maximum Gasteiger partial charge on any atom is 0.227 e. The van der Waals surface area contributed by atoms with Gasteiger partial charge in [-0.3, -0.25) is 9.89 Å². The van der Waals surface area contributed by atoms with Gasteiger partial charge in [-0.15, -0.1) is 0 Å². The van der Waals surface area contributed by atoms with Gasteiger partial charge < -0.3 is 11.1 Å². The first-order valence-electron chi connectivity index (χ1n) is 6.13. The smallest absolute Gasteiger partial charge is 0.227 e. The van der Waals surface area contributed by atoms with Crippen LogP contribution in [0.5, 0.6) is 0 Å². The van der Waals surface area contributed by atoms with Crippen molar-refractivity contribution in [3.63, 3.8) is 0 Å². The Hall–Kier alpha value is -1.36. The molecule has 96 valence electrons. The summed E-state index contributed by atoms with van der Waals surface area (Å²) in [6.45, 7) is 6.19. The molecule has 0 saturated heterocycles. The van der Waals surface area contributed by atoms with Crippen molar-refractivity contribution in [2.24, 2.45) is 5.73 Å². The Morgan fingerprint density at radius 3 is 2.82 bits per heavy atom. The summed E-state index contributed by atoms with van der Waals surface area (Å²) in [6, 6.07) is 1.79. The molecule has 1 amide bonds. The fourth-order valence-corrected chi connectivity index (χ4v) is 1.60. The number of anilines is 1. The average molecular weight is 238 g/mol. The molecule has 1 unspecified atom stereocenters. The van der Waals surface area contributed by atoms with E-state index in [1.54, 1.807) is 0 Å². The molecule has 0 spiro atoms. The summed E-state index contributed by atoms with van der Waals surface area (Å²) in [6.07, 6.45) is 2.21. The lowest BCUT2D eigenvalue weighted by Gasteiger charge is -2.08. The zero-order valence-corrected chi connectivity index (χ0v) is 10.8. The van der Waals surface area contributed by atoms with Crippen molar-refractivity contribution in [3.05, 3.63) is 11.8 Å². The van der Waals surface area contributed by atoms with Crippen LogP contribution in [-0.4, -0.2) is 22.1 Å². The molecule has 0 aliphatic heterocycles. The number of amides is 1. The first-order chi connectivity index (χ1) is 8.02. The zero-order chi connectivity index (χ0) is 12.8. The highest BCUT2D eigenvalue weighted by Gasteiger charge is 2.11. The van der Waals surface area contributed by atoms with E-state index in [1.165, 1.54) is 0 Å². The Morgan fingerprint density at radius 2 is 2.29 bits per heavy atom. The van der Waals surface area contributed by atoms with Crippen LogP contribution in [0.25, 0.3) is 0 Å². The predicted molar refractivity (Wildman–Crippen MR) is 68.8 cm³/mol. The Balaban J connectivity index is 2.44. The lowest BCUT2D eigenvalue weighted by atomic mass is 10.1. The molecule has 5 heteroatoms. The minimum Gasteiger partial charge on any atom is -0.327 e. The molecule has 1 aromatic heterocycles. The second kappa shape index (κ2) is 6.39. The van der Waals surface area contributed by atoms with E-state index in [1.807, 2.05) is 6.07 Å². The number of carbonyl (C=O) groups is 1. The van der Waals surface area contributed by atoms with E-state index in [9.17, 15) is 4.79 Å². The highest BCUT2D eigenvalue weighted by molar-refractivity contribution is 5.90. The third-order valence-electron chi connectivity index (χ3n) is 2.59. The molecule has 1 atom stereocenters. The maximum absolute atomic E-state index is 11.6. The molecule has 5 nitrogen and oxygen atoms in total. The molecule has 0 bridgehead atoms. The van der Waals surface area contributed by atoms with Gasteiger partial charge in [-0.05, 0) is 12.3 Å². The normalized spacial score (nSPS) is 12.8. The Kier molecular flexibility index (Phi) is 5.15. The molecule has 0 saturated carbocycles. The van der Waals surface area contributed by atoms with Gasteiger partial charge in [0.25, 0.3) is 0 Å². The van der Waals surface area contributed by atoms with Crippen molar-refractivity contribution < 1.29 is 4.79 Å². The summed E-state index contributed by atoms with van der Waals surface area (Å²) >= 11 is 0. The third-order valence-corrected chi connectivity index (χ3v) is 2.59. The predicted octanol–water partition coefficient (Wildman–Crippen LogP) is 1.99. The molecule has 0 fully saturated rings. The van der Waals surface area contributed by atoms with Crippen LogP contribution in [0.1, 0.15) is 51.6 Å². The molecular formula is C12H22N4O. The van der Waals surface area contributed by atoms with Gasteiger partial charge in [-0.25, -0.2) is 0 Å². The minimum atomic E-state index is -0.0762. The SMILES string of the molecule is CCCC(N)CC(=O)Nc1cc(C(C)C)[nH]n1. The van der Waals surface area contributed by atoms with Gasteiger partial charge in [0.05, 0.1) is 0 Å². The van der Waals surface area contributed by atoms with Crippen molar-refractivity contribution in [3.8, 4) is 0 Å². The van der Waals surface area contributed by atoms with Crippen LogP contribution in [-0.2, 0) is 4.79 Å². The summed E-state index contributed by atoms with van der Waals surface area (Å²) in [4.78, 5) is 11.6. The molecule has 1 heterocycles. The average Bonchev–Trinajstić information content (AvgIpc) is 2.66. The number of nitrogens with one attached hydrogen (secondary N) is 2. The lowest BCUT2D eigenvalue weighted by Crippen LogP contribution is -2.26. The quantitative estimate of drug-likeness (QED) is 0.708.